The molecule has 2 heterocycles. The van der Waals surface area contributed by atoms with Gasteiger partial charge in [0.2, 0.25) is 17.7 Å². The van der Waals surface area contributed by atoms with Gasteiger partial charge in [-0.3, -0.25) is 19.3 Å². The average Bonchev–Trinajstić information content (AvgIpc) is 3.19. The maximum atomic E-state index is 13.4. The number of carboxylic acids is 1. The minimum absolute atomic E-state index is 0.00630. The molecule has 12 heteroatoms. The summed E-state index contributed by atoms with van der Waals surface area (Å²) in [6.07, 6.45) is 0.765. The maximum absolute atomic E-state index is 13.4. The SMILES string of the molecule is CN1CC[C@H](c2ccc(O)cc2)[C@H]1C(=O)NC1CSSC[C@@H](C(=O)O)NC(=O)C(C)(C)CNC1=O. The number of phenols is 1. The molecule has 0 radical (unpaired) electrons. The molecule has 3 rings (SSSR count). The summed E-state index contributed by atoms with van der Waals surface area (Å²) in [5.41, 5.74) is -0.0993. The summed E-state index contributed by atoms with van der Waals surface area (Å²) < 4.78 is 0. The van der Waals surface area contributed by atoms with Crippen LogP contribution in [0.2, 0.25) is 0 Å². The van der Waals surface area contributed by atoms with Crippen molar-refractivity contribution in [3.8, 4) is 5.75 Å². The molecule has 1 unspecified atom stereocenters. The van der Waals surface area contributed by atoms with Gasteiger partial charge in [-0.25, -0.2) is 4.79 Å². The Labute approximate surface area is 212 Å². The third kappa shape index (κ3) is 6.83. The number of amides is 3. The number of likely N-dealkylation sites (tertiary alicyclic amines) is 1. The number of rotatable bonds is 4. The van der Waals surface area contributed by atoms with Crippen molar-refractivity contribution in [1.82, 2.24) is 20.9 Å². The van der Waals surface area contributed by atoms with Crippen LogP contribution in [0.5, 0.6) is 5.75 Å². The van der Waals surface area contributed by atoms with E-state index in [1.165, 1.54) is 21.6 Å². The van der Waals surface area contributed by atoms with Gasteiger partial charge in [0.15, 0.2) is 0 Å². The van der Waals surface area contributed by atoms with Crippen molar-refractivity contribution in [2.24, 2.45) is 5.41 Å². The Balaban J connectivity index is 1.74. The smallest absolute Gasteiger partial charge is 0.327 e. The zero-order chi connectivity index (χ0) is 25.8. The van der Waals surface area contributed by atoms with Crippen molar-refractivity contribution in [2.75, 3.05) is 31.6 Å². The van der Waals surface area contributed by atoms with Crippen molar-refractivity contribution < 1.29 is 29.4 Å². The Bertz CT molecular complexity index is 958. The second-order valence-electron chi connectivity index (χ2n) is 9.51. The molecule has 10 nitrogen and oxygen atoms in total. The summed E-state index contributed by atoms with van der Waals surface area (Å²) in [5, 5.41) is 27.2. The molecule has 0 aliphatic carbocycles. The van der Waals surface area contributed by atoms with E-state index in [-0.39, 0.29) is 35.6 Å². The van der Waals surface area contributed by atoms with E-state index in [4.69, 9.17) is 0 Å². The fraction of sp³-hybridized carbons (Fsp3) is 0.565. The Hall–Kier alpha value is -2.44. The lowest BCUT2D eigenvalue weighted by Crippen LogP contribution is -2.56. The summed E-state index contributed by atoms with van der Waals surface area (Å²) >= 11 is 0. The van der Waals surface area contributed by atoms with Crippen LogP contribution in [0.1, 0.15) is 31.7 Å². The van der Waals surface area contributed by atoms with E-state index in [2.05, 4.69) is 16.0 Å². The summed E-state index contributed by atoms with van der Waals surface area (Å²) in [6, 6.07) is 4.42. The number of nitrogens with one attached hydrogen (secondary N) is 3. The molecule has 0 aromatic heterocycles. The number of aliphatic carboxylic acids is 1. The monoisotopic (exact) mass is 524 g/mol. The first kappa shape index (κ1) is 27.2. The van der Waals surface area contributed by atoms with Crippen molar-refractivity contribution in [3.05, 3.63) is 29.8 Å². The minimum Gasteiger partial charge on any atom is -0.508 e. The predicted molar refractivity (Wildman–Crippen MR) is 135 cm³/mol. The normalized spacial score (nSPS) is 28.2. The first-order chi connectivity index (χ1) is 16.5. The highest BCUT2D eigenvalue weighted by molar-refractivity contribution is 8.76. The molecule has 1 aromatic carbocycles. The minimum atomic E-state index is -1.13. The third-order valence-corrected chi connectivity index (χ3v) is 8.77. The number of benzene rings is 1. The molecule has 2 fully saturated rings. The highest BCUT2D eigenvalue weighted by Crippen LogP contribution is 2.34. The summed E-state index contributed by atoms with van der Waals surface area (Å²) in [5.74, 6) is -1.84. The number of phenolic OH excluding ortho intramolecular Hbond substituents is 1. The van der Waals surface area contributed by atoms with Gasteiger partial charge in [-0.05, 0) is 51.6 Å². The number of carbonyl (C=O) groups excluding carboxylic acids is 3. The van der Waals surface area contributed by atoms with Crippen LogP contribution in [0.15, 0.2) is 24.3 Å². The van der Waals surface area contributed by atoms with Crippen molar-refractivity contribution in [3.63, 3.8) is 0 Å². The Morgan fingerprint density at radius 3 is 2.46 bits per heavy atom. The number of aromatic hydroxyl groups is 1. The molecule has 0 bridgehead atoms. The van der Waals surface area contributed by atoms with Gasteiger partial charge in [0, 0.05) is 24.0 Å². The van der Waals surface area contributed by atoms with E-state index < -0.39 is 41.3 Å². The summed E-state index contributed by atoms with van der Waals surface area (Å²) in [7, 11) is 4.36. The molecule has 35 heavy (non-hydrogen) atoms. The highest BCUT2D eigenvalue weighted by atomic mass is 33.1. The molecular weight excluding hydrogens is 492 g/mol. The number of likely N-dealkylation sites (N-methyl/N-ethyl adjacent to an activating group) is 1. The lowest BCUT2D eigenvalue weighted by molar-refractivity contribution is -0.142. The van der Waals surface area contributed by atoms with E-state index in [0.717, 1.165) is 12.0 Å². The van der Waals surface area contributed by atoms with Gasteiger partial charge in [0.1, 0.15) is 17.8 Å². The Morgan fingerprint density at radius 1 is 1.14 bits per heavy atom. The van der Waals surface area contributed by atoms with Crippen LogP contribution < -0.4 is 16.0 Å². The molecule has 2 aliphatic rings. The van der Waals surface area contributed by atoms with Gasteiger partial charge in [-0.2, -0.15) is 0 Å². The van der Waals surface area contributed by atoms with Crippen molar-refractivity contribution in [1.29, 1.82) is 0 Å². The topological polar surface area (TPSA) is 148 Å². The fourth-order valence-electron chi connectivity index (χ4n) is 4.11. The molecular formula is C23H32N4O6S2. The number of hydrogen-bond acceptors (Lipinski definition) is 8. The quantitative estimate of drug-likeness (QED) is 0.360. The Kier molecular flexibility index (Phi) is 8.94. The Morgan fingerprint density at radius 2 is 1.80 bits per heavy atom. The van der Waals surface area contributed by atoms with Crippen LogP contribution >= 0.6 is 21.6 Å². The standard InChI is InChI=1S/C23H32N4O6S2/c1-23(2)12-24-19(29)16(10-34-35-11-17(21(31)32)26-22(23)33)25-20(30)18-15(8-9-27(18)3)13-4-6-14(28)7-5-13/h4-7,15-18,28H,8-12H2,1-3H3,(H,24,29)(H,25,30)(H,26,33)(H,31,32)/t15-,16?,17+,18+/m1/s1. The second-order valence-corrected chi connectivity index (χ2v) is 12.1. The lowest BCUT2D eigenvalue weighted by Gasteiger charge is -2.30. The lowest BCUT2D eigenvalue weighted by atomic mass is 9.91. The average molecular weight is 525 g/mol. The molecule has 0 saturated carbocycles. The number of nitrogens with zero attached hydrogens (tertiary/aromatic N) is 1. The molecule has 2 aliphatic heterocycles. The first-order valence-corrected chi connectivity index (χ1v) is 13.8. The molecule has 0 spiro atoms. The molecule has 192 valence electrons. The van der Waals surface area contributed by atoms with Crippen LogP contribution in [0.3, 0.4) is 0 Å². The van der Waals surface area contributed by atoms with E-state index in [1.54, 1.807) is 38.1 Å². The number of hydrogen-bond donors (Lipinski definition) is 5. The van der Waals surface area contributed by atoms with E-state index in [0.29, 0.717) is 6.54 Å². The number of carbonyl (C=O) groups is 4. The van der Waals surface area contributed by atoms with E-state index >= 15 is 0 Å². The van der Waals surface area contributed by atoms with Gasteiger partial charge in [0.05, 0.1) is 11.5 Å². The summed E-state index contributed by atoms with van der Waals surface area (Å²) in [6.45, 7) is 3.95. The van der Waals surface area contributed by atoms with Gasteiger partial charge < -0.3 is 26.2 Å². The van der Waals surface area contributed by atoms with Crippen LogP contribution in [0, 0.1) is 5.41 Å². The third-order valence-electron chi connectivity index (χ3n) is 6.35. The molecule has 4 atom stereocenters. The molecule has 1 aromatic rings. The zero-order valence-electron chi connectivity index (χ0n) is 19.9. The number of carboxylic acid groups (broad SMARTS) is 1. The van der Waals surface area contributed by atoms with Gasteiger partial charge >= 0.3 is 5.97 Å². The zero-order valence-corrected chi connectivity index (χ0v) is 21.6. The fourth-order valence-corrected chi connectivity index (χ4v) is 6.43. The highest BCUT2D eigenvalue weighted by Gasteiger charge is 2.40. The summed E-state index contributed by atoms with van der Waals surface area (Å²) in [4.78, 5) is 52.5. The maximum Gasteiger partial charge on any atom is 0.327 e. The van der Waals surface area contributed by atoms with E-state index in [9.17, 15) is 29.4 Å². The van der Waals surface area contributed by atoms with Crippen molar-refractivity contribution in [2.45, 2.75) is 44.3 Å². The molecule has 5 N–H and O–H groups in total. The van der Waals surface area contributed by atoms with Crippen LogP contribution in [-0.2, 0) is 19.2 Å². The largest absolute Gasteiger partial charge is 0.508 e. The van der Waals surface area contributed by atoms with Gasteiger partial charge in [-0.1, -0.05) is 33.7 Å². The van der Waals surface area contributed by atoms with Crippen LogP contribution in [0.4, 0.5) is 0 Å². The first-order valence-electron chi connectivity index (χ1n) is 11.3. The molecule has 2 saturated heterocycles. The van der Waals surface area contributed by atoms with Crippen LogP contribution in [0.25, 0.3) is 0 Å². The molecule has 3 amide bonds. The van der Waals surface area contributed by atoms with Crippen LogP contribution in [-0.4, -0.2) is 88.6 Å². The van der Waals surface area contributed by atoms with Crippen molar-refractivity contribution >= 4 is 45.3 Å². The van der Waals surface area contributed by atoms with Gasteiger partial charge in [-0.15, -0.1) is 0 Å². The second kappa shape index (κ2) is 11.5. The van der Waals surface area contributed by atoms with E-state index in [1.807, 2.05) is 11.9 Å². The van der Waals surface area contributed by atoms with Gasteiger partial charge in [0.25, 0.3) is 0 Å². The predicted octanol–water partition coefficient (Wildman–Crippen LogP) is 0.772.